The molecule has 2 heterocycles. The van der Waals surface area contributed by atoms with Gasteiger partial charge in [0.05, 0.1) is 39.5 Å². The van der Waals surface area contributed by atoms with E-state index in [1.165, 1.54) is 5.56 Å². The van der Waals surface area contributed by atoms with Crippen molar-refractivity contribution in [3.8, 4) is 28.8 Å². The number of anilines is 2. The number of nitrogens with one attached hydrogen (secondary N) is 1. The highest BCUT2D eigenvalue weighted by Gasteiger charge is 2.12. The second-order valence-corrected chi connectivity index (χ2v) is 11.3. The second-order valence-electron chi connectivity index (χ2n) is 11.1. The van der Waals surface area contributed by atoms with Crippen molar-refractivity contribution in [1.29, 1.82) is 5.26 Å². The number of nitrogen functional groups attached to an aromatic ring is 2. The van der Waals surface area contributed by atoms with Crippen molar-refractivity contribution < 1.29 is 0 Å². The molecule has 0 fully saturated rings. The number of hydrogen-bond donors (Lipinski definition) is 3. The summed E-state index contributed by atoms with van der Waals surface area (Å²) in [7, 11) is 0. The van der Waals surface area contributed by atoms with Gasteiger partial charge in [0.15, 0.2) is 0 Å². The average Bonchev–Trinajstić information content (AvgIpc) is 3.80. The second kappa shape index (κ2) is 23.6. The number of H-pyrrole nitrogens is 1. The predicted octanol–water partition coefficient (Wildman–Crippen LogP) is 11.7. The maximum Gasteiger partial charge on any atom is 0.294 e. The average molecular weight is 735 g/mol. The van der Waals surface area contributed by atoms with Crippen molar-refractivity contribution in [3.63, 3.8) is 0 Å². The maximum atomic E-state index is 7.49. The zero-order chi connectivity index (χ0) is 37.0. The fraction of sp³-hybridized carbons (Fsp3) is 0.111. The van der Waals surface area contributed by atoms with E-state index < -0.39 is 0 Å². The Hall–Kier alpha value is -6.87. The summed E-state index contributed by atoms with van der Waals surface area (Å²) >= 11 is 4.82. The topological polar surface area (TPSA) is 127 Å². The van der Waals surface area contributed by atoms with E-state index >= 15 is 0 Å². The van der Waals surface area contributed by atoms with E-state index in [9.17, 15) is 0 Å². The van der Waals surface area contributed by atoms with Crippen LogP contribution in [-0.4, -0.2) is 25.4 Å². The number of nitrogens with zero attached hydrogens (tertiary/aromatic N) is 5. The first-order valence-electron chi connectivity index (χ1n) is 16.3. The standard InChI is InChI=1S/C15H11N3.C13H10N2.C7H8.C6H8N2.C2H2ClN.2CH4/c1-16-11-18-14-10-6-5-9-13(14)17-15(18)12-7-3-2-4-8-12;1-2-6-10(7-3-1)13-14-11-8-4-5-9-12(11)15-13;1-7-5-3-2-4-6-7;7-5-3-1-2-4-6(5)8;3-1-2-4;;/h2-10H,11H2;1-9H,(H,14,15);2-6H,1H3;1-4H,7-8H2;1H2;2*1H4. The molecule has 8 nitrogen and oxygen atoms in total. The summed E-state index contributed by atoms with van der Waals surface area (Å²) in [4.78, 5) is 15.9. The van der Waals surface area contributed by atoms with Crippen molar-refractivity contribution in [2.45, 2.75) is 28.4 Å². The Morgan fingerprint density at radius 2 is 1.13 bits per heavy atom. The number of aromatic amines is 1. The molecule has 0 saturated carbocycles. The summed E-state index contributed by atoms with van der Waals surface area (Å²) in [5.41, 5.74) is 19.6. The van der Waals surface area contributed by atoms with Crippen LogP contribution in [-0.2, 0) is 6.67 Å². The minimum atomic E-state index is 0. The van der Waals surface area contributed by atoms with Gasteiger partial charge in [0.2, 0.25) is 0 Å². The molecule has 0 radical (unpaired) electrons. The van der Waals surface area contributed by atoms with Gasteiger partial charge in [-0.05, 0) is 43.3 Å². The zero-order valence-corrected chi connectivity index (χ0v) is 29.5. The van der Waals surface area contributed by atoms with Crippen LogP contribution >= 0.6 is 11.6 Å². The molecule has 0 atom stereocenters. The Bertz CT molecular complexity index is 2270. The Morgan fingerprint density at radius 1 is 0.667 bits per heavy atom. The molecule has 6 aromatic carbocycles. The molecular weight excluding hydrogens is 688 g/mol. The van der Waals surface area contributed by atoms with E-state index in [4.69, 9.17) is 34.9 Å². The van der Waals surface area contributed by atoms with Crippen LogP contribution in [0.4, 0.5) is 11.4 Å². The first kappa shape index (κ1) is 43.3. The fourth-order valence-electron chi connectivity index (χ4n) is 4.83. The zero-order valence-electron chi connectivity index (χ0n) is 28.8. The van der Waals surface area contributed by atoms with Gasteiger partial charge in [-0.3, -0.25) is 9.41 Å². The number of imidazole rings is 2. The number of aromatic nitrogens is 4. The molecule has 0 spiro atoms. The van der Waals surface area contributed by atoms with Gasteiger partial charge >= 0.3 is 0 Å². The number of alkyl halides is 1. The predicted molar refractivity (Wildman–Crippen MR) is 230 cm³/mol. The molecule has 0 aliphatic rings. The molecular formula is C45H47ClN8. The number of rotatable bonds is 3. The van der Waals surface area contributed by atoms with Gasteiger partial charge in [0.25, 0.3) is 6.67 Å². The van der Waals surface area contributed by atoms with Crippen LogP contribution in [0.25, 0.3) is 49.7 Å². The van der Waals surface area contributed by atoms with Gasteiger partial charge in [-0.2, -0.15) is 5.26 Å². The molecule has 0 aliphatic heterocycles. The number of benzene rings is 6. The Labute approximate surface area is 324 Å². The summed E-state index contributed by atoms with van der Waals surface area (Å²) in [5, 5.41) is 7.49. The lowest BCUT2D eigenvalue weighted by molar-refractivity contribution is 0.856. The number of aryl methyl sites for hydroxylation is 1. The van der Waals surface area contributed by atoms with Gasteiger partial charge in [0.1, 0.15) is 17.5 Å². The first-order valence-corrected chi connectivity index (χ1v) is 16.9. The molecule has 5 N–H and O–H groups in total. The van der Waals surface area contributed by atoms with Gasteiger partial charge in [-0.15, -0.1) is 11.6 Å². The van der Waals surface area contributed by atoms with Crippen LogP contribution in [0, 0.1) is 24.8 Å². The Balaban J connectivity index is 0.000000252. The summed E-state index contributed by atoms with van der Waals surface area (Å²) in [6, 6.07) is 55.3. The lowest BCUT2D eigenvalue weighted by Gasteiger charge is -2.02. The molecule has 9 heteroatoms. The minimum absolute atomic E-state index is 0. The molecule has 0 unspecified atom stereocenters. The maximum absolute atomic E-state index is 7.49. The van der Waals surface area contributed by atoms with Crippen molar-refractivity contribution >= 4 is 45.0 Å². The van der Waals surface area contributed by atoms with Crippen molar-refractivity contribution in [2.75, 3.05) is 17.3 Å². The summed E-state index contributed by atoms with van der Waals surface area (Å²) in [6.07, 6.45) is 0. The van der Waals surface area contributed by atoms with Crippen molar-refractivity contribution in [3.05, 3.63) is 181 Å². The third kappa shape index (κ3) is 13.0. The van der Waals surface area contributed by atoms with Gasteiger partial charge < -0.3 is 16.5 Å². The number of para-hydroxylation sites is 6. The van der Waals surface area contributed by atoms with E-state index in [1.807, 2.05) is 132 Å². The van der Waals surface area contributed by atoms with Crippen LogP contribution in [0.2, 0.25) is 0 Å². The lowest BCUT2D eigenvalue weighted by Crippen LogP contribution is -1.97. The molecule has 274 valence electrons. The highest BCUT2D eigenvalue weighted by molar-refractivity contribution is 6.19. The van der Waals surface area contributed by atoms with E-state index in [-0.39, 0.29) is 20.7 Å². The molecule has 0 saturated heterocycles. The molecule has 8 aromatic rings. The van der Waals surface area contributed by atoms with Gasteiger partial charge in [0, 0.05) is 11.1 Å². The number of nitriles is 1. The number of fused-ring (bicyclic) bond motifs is 2. The van der Waals surface area contributed by atoms with Crippen LogP contribution in [0.5, 0.6) is 0 Å². The Kier molecular flexibility index (Phi) is 18.9. The highest BCUT2D eigenvalue weighted by atomic mass is 35.5. The van der Waals surface area contributed by atoms with E-state index in [2.05, 4.69) is 51.0 Å². The monoisotopic (exact) mass is 734 g/mol. The highest BCUT2D eigenvalue weighted by Crippen LogP contribution is 2.24. The van der Waals surface area contributed by atoms with Crippen LogP contribution in [0.3, 0.4) is 0 Å². The SMILES string of the molecule is C.C.Cc1ccccc1.N#CCCl.Nc1ccccc1N.[C-]#[N+]Cn1c(-c2ccccc2)nc2ccccc21.c1ccc(-c2nc3ccccc3[nH]2)cc1. The minimum Gasteiger partial charge on any atom is -0.397 e. The number of hydrogen-bond acceptors (Lipinski definition) is 5. The molecule has 0 amide bonds. The van der Waals surface area contributed by atoms with Crippen LogP contribution in [0.1, 0.15) is 20.4 Å². The lowest BCUT2D eigenvalue weighted by atomic mass is 10.2. The summed E-state index contributed by atoms with van der Waals surface area (Å²) in [5.74, 6) is 1.88. The molecule has 2 aromatic heterocycles. The molecule has 0 aliphatic carbocycles. The third-order valence-corrected chi connectivity index (χ3v) is 7.45. The molecule has 8 rings (SSSR count). The fourth-order valence-corrected chi connectivity index (χ4v) is 4.83. The van der Waals surface area contributed by atoms with Gasteiger partial charge in [-0.25, -0.2) is 16.5 Å². The smallest absolute Gasteiger partial charge is 0.294 e. The third-order valence-electron chi connectivity index (χ3n) is 7.33. The quantitative estimate of drug-likeness (QED) is 0.0946. The number of halogens is 1. The van der Waals surface area contributed by atoms with Crippen LogP contribution < -0.4 is 11.5 Å². The largest absolute Gasteiger partial charge is 0.397 e. The van der Waals surface area contributed by atoms with Crippen molar-refractivity contribution in [2.24, 2.45) is 0 Å². The first-order chi connectivity index (χ1) is 25.4. The van der Waals surface area contributed by atoms with E-state index in [0.29, 0.717) is 18.0 Å². The van der Waals surface area contributed by atoms with E-state index in [0.717, 1.165) is 44.8 Å². The van der Waals surface area contributed by atoms with Crippen molar-refractivity contribution in [1.82, 2.24) is 19.5 Å². The normalized spacial score (nSPS) is 9.26. The number of nitrogens with two attached hydrogens (primary N) is 2. The molecule has 54 heavy (non-hydrogen) atoms. The summed E-state index contributed by atoms with van der Waals surface area (Å²) < 4.78 is 1.96. The molecule has 0 bridgehead atoms. The van der Waals surface area contributed by atoms with Crippen LogP contribution in [0.15, 0.2) is 164 Å². The van der Waals surface area contributed by atoms with E-state index in [1.54, 1.807) is 18.2 Å². The summed E-state index contributed by atoms with van der Waals surface area (Å²) in [6.45, 7) is 9.47. The van der Waals surface area contributed by atoms with Gasteiger partial charge in [-0.1, -0.05) is 148 Å². The Morgan fingerprint density at radius 3 is 1.61 bits per heavy atom.